The fourth-order valence-corrected chi connectivity index (χ4v) is 9.22. The average Bonchev–Trinajstić information content (AvgIpc) is 3.36. The van der Waals surface area contributed by atoms with Gasteiger partial charge in [0.2, 0.25) is 0 Å². The lowest BCUT2D eigenvalue weighted by molar-refractivity contribution is 0.0697. The van der Waals surface area contributed by atoms with Gasteiger partial charge in [0.1, 0.15) is 22.1 Å². The molecular weight excluding hydrogens is 974 g/mol. The van der Waals surface area contributed by atoms with E-state index in [-0.39, 0.29) is 34.4 Å². The van der Waals surface area contributed by atoms with Crippen molar-refractivity contribution in [3.63, 3.8) is 0 Å². The Morgan fingerprint density at radius 1 is 0.750 bits per heavy atom. The Hall–Kier alpha value is -3.31. The Bertz CT molecular complexity index is 2260. The van der Waals surface area contributed by atoms with E-state index in [4.69, 9.17) is 9.29 Å². The van der Waals surface area contributed by atoms with Crippen LogP contribution in [0.5, 0.6) is 11.5 Å². The molecule has 1 heterocycles. The Morgan fingerprint density at radius 2 is 1.25 bits per heavy atom. The van der Waals surface area contributed by atoms with Crippen molar-refractivity contribution in [2.24, 2.45) is 10.2 Å². The molecule has 0 unspecified atom stereocenters. The number of halogens is 5. The first-order valence-corrected chi connectivity index (χ1v) is 19.5. The van der Waals surface area contributed by atoms with Crippen LogP contribution in [0.1, 0.15) is 38.2 Å². The number of hydrogen-bond donors (Lipinski definition) is 3. The lowest BCUT2D eigenvalue weighted by Gasteiger charge is -2.33. The minimum Gasteiger partial charge on any atom is -0.506 e. The number of carbonyl (C=O) groups is 1. The highest BCUT2D eigenvalue weighted by atomic mass is 79.9. The fraction of sp³-hybridized carbons (Fsp3) is 0.139. The predicted octanol–water partition coefficient (Wildman–Crippen LogP) is 11.1. The van der Waals surface area contributed by atoms with E-state index in [9.17, 15) is 23.4 Å². The summed E-state index contributed by atoms with van der Waals surface area (Å²) in [6.45, 7) is 3.54. The number of anilines is 1. The topological polar surface area (TPSA) is 149 Å². The summed E-state index contributed by atoms with van der Waals surface area (Å²) in [5.74, 6) is -1.02. The third-order valence-corrected chi connectivity index (χ3v) is 12.7. The number of aromatic hydroxyl groups is 2. The van der Waals surface area contributed by atoms with E-state index in [1.54, 1.807) is 62.4 Å². The van der Waals surface area contributed by atoms with Crippen LogP contribution in [0.15, 0.2) is 118 Å². The molecule has 0 bridgehead atoms. The highest BCUT2D eigenvalue weighted by Crippen LogP contribution is 2.56. The van der Waals surface area contributed by atoms with Gasteiger partial charge in [0.05, 0.1) is 29.1 Å². The van der Waals surface area contributed by atoms with Crippen molar-refractivity contribution in [1.82, 2.24) is 0 Å². The number of phenolic OH excluding ortho intramolecular Hbond substituents is 2. The van der Waals surface area contributed by atoms with E-state index in [0.717, 1.165) is 5.69 Å². The van der Waals surface area contributed by atoms with E-state index >= 15 is 0 Å². The summed E-state index contributed by atoms with van der Waals surface area (Å²) >= 11 is 13.5. The smallest absolute Gasteiger partial charge is 0.337 e. The summed E-state index contributed by atoms with van der Waals surface area (Å²) in [7, 11) is -0.185. The van der Waals surface area contributed by atoms with Crippen LogP contribution < -0.4 is 4.90 Å². The molecule has 6 rings (SSSR count). The molecule has 5 aromatic carbocycles. The van der Waals surface area contributed by atoms with Crippen molar-refractivity contribution < 1.29 is 32.7 Å². The molecule has 0 aliphatic carbocycles. The predicted molar refractivity (Wildman–Crippen MR) is 217 cm³/mol. The number of aromatic carboxylic acids is 1. The van der Waals surface area contributed by atoms with Crippen LogP contribution >= 0.6 is 76.1 Å². The zero-order valence-electron chi connectivity index (χ0n) is 27.7. The van der Waals surface area contributed by atoms with E-state index < -0.39 is 21.7 Å². The first-order valence-electron chi connectivity index (χ1n) is 14.9. The molecule has 0 saturated heterocycles. The molecule has 0 aromatic heterocycles. The fourth-order valence-electron chi connectivity index (χ4n) is 5.56. The number of rotatable bonds is 6. The number of fused-ring (bicyclic) bond motifs is 1. The van der Waals surface area contributed by atoms with Gasteiger partial charge in [0.25, 0.3) is 10.1 Å². The third-order valence-electron chi connectivity index (χ3n) is 8.18. The van der Waals surface area contributed by atoms with E-state index in [2.05, 4.69) is 73.9 Å². The van der Waals surface area contributed by atoms with Crippen LogP contribution in [0.3, 0.4) is 0 Å². The molecule has 1 aliphatic rings. The number of azo groups is 1. The van der Waals surface area contributed by atoms with Gasteiger partial charge in [0, 0.05) is 25.3 Å². The second-order valence-electron chi connectivity index (χ2n) is 11.5. The molecule has 10 nitrogen and oxygen atoms in total. The minimum absolute atomic E-state index is 0. The first-order chi connectivity index (χ1) is 24.0. The zero-order chi connectivity index (χ0) is 37.4. The van der Waals surface area contributed by atoms with Crippen molar-refractivity contribution in [1.29, 1.82) is 0 Å². The van der Waals surface area contributed by atoms with Crippen molar-refractivity contribution >= 4 is 109 Å². The molecule has 16 heteroatoms. The maximum absolute atomic E-state index is 13.1. The Labute approximate surface area is 340 Å². The van der Waals surface area contributed by atoms with E-state index in [0.29, 0.717) is 57.1 Å². The van der Waals surface area contributed by atoms with Crippen LogP contribution in [-0.2, 0) is 19.9 Å². The lowest BCUT2D eigenvalue weighted by Crippen LogP contribution is -2.32. The van der Waals surface area contributed by atoms with Gasteiger partial charge in [-0.05, 0) is 154 Å². The Balaban J connectivity index is 0.000000250. The average molecular weight is 1000 g/mol. The molecule has 0 amide bonds. The lowest BCUT2D eigenvalue weighted by atomic mass is 9.77. The highest BCUT2D eigenvalue weighted by Gasteiger charge is 2.53. The van der Waals surface area contributed by atoms with Gasteiger partial charge in [0.15, 0.2) is 5.60 Å². The van der Waals surface area contributed by atoms with Crippen LogP contribution in [0.2, 0.25) is 0 Å². The molecule has 0 radical (unpaired) electrons. The quantitative estimate of drug-likeness (QED) is 0.112. The number of benzene rings is 5. The molecule has 0 saturated carbocycles. The number of phenols is 2. The molecule has 52 heavy (non-hydrogen) atoms. The van der Waals surface area contributed by atoms with E-state index in [1.807, 2.05) is 43.3 Å². The van der Waals surface area contributed by atoms with Crippen LogP contribution in [0, 0.1) is 13.8 Å². The number of nitrogens with zero attached hydrogens (tertiary/aromatic N) is 3. The van der Waals surface area contributed by atoms with Gasteiger partial charge >= 0.3 is 5.97 Å². The Kier molecular flexibility index (Phi) is 13.0. The standard InChI is InChI=1S/C21H14Br4O5S.C15H15N3O2.ClH/c1-9-12(7-14(22)19(26)17(9)24)21(13-8-15(23)20(27)18(25)10(13)2)11-5-3-4-6-16(11)31(28,29)30-21;1-18(2)12-9-7-11(8-10-12)16-17-14-6-4-3-5-13(14)15(19)20;/h3-8,26-27H,1-2H3;3-10H,1-2H3,(H,19,20);1H. The van der Waals surface area contributed by atoms with Gasteiger partial charge in [-0.3, -0.25) is 0 Å². The van der Waals surface area contributed by atoms with Gasteiger partial charge in [-0.25, -0.2) is 8.98 Å². The van der Waals surface area contributed by atoms with Gasteiger partial charge in [-0.1, -0.05) is 30.3 Å². The molecule has 1 aliphatic heterocycles. The van der Waals surface area contributed by atoms with Crippen molar-refractivity contribution in [3.05, 3.63) is 136 Å². The minimum atomic E-state index is -4.10. The number of hydrogen-bond acceptors (Lipinski definition) is 9. The number of carboxylic acid groups (broad SMARTS) is 1. The molecule has 272 valence electrons. The van der Waals surface area contributed by atoms with Crippen LogP contribution in [0.25, 0.3) is 0 Å². The Morgan fingerprint density at radius 3 is 1.77 bits per heavy atom. The normalized spacial score (nSPS) is 13.8. The van der Waals surface area contributed by atoms with Crippen molar-refractivity contribution in [3.8, 4) is 11.5 Å². The van der Waals surface area contributed by atoms with Gasteiger partial charge in [-0.2, -0.15) is 13.5 Å². The molecule has 0 spiro atoms. The molecule has 0 atom stereocenters. The highest BCUT2D eigenvalue weighted by molar-refractivity contribution is 9.11. The summed E-state index contributed by atoms with van der Waals surface area (Å²) in [6, 6.07) is 24.0. The summed E-state index contributed by atoms with van der Waals surface area (Å²) in [5.41, 5.74) is 3.36. The van der Waals surface area contributed by atoms with Gasteiger partial charge < -0.3 is 20.2 Å². The second kappa shape index (κ2) is 16.4. The molecular formula is C36H30Br4ClN3O7S. The van der Waals surface area contributed by atoms with Crippen molar-refractivity contribution in [2.45, 2.75) is 24.3 Å². The van der Waals surface area contributed by atoms with Crippen LogP contribution in [0.4, 0.5) is 17.1 Å². The monoisotopic (exact) mass is 999 g/mol. The van der Waals surface area contributed by atoms with E-state index in [1.165, 1.54) is 12.1 Å². The summed E-state index contributed by atoms with van der Waals surface area (Å²) in [4.78, 5) is 13.1. The van der Waals surface area contributed by atoms with Gasteiger partial charge in [-0.15, -0.1) is 17.5 Å². The van der Waals surface area contributed by atoms with Crippen LogP contribution in [-0.4, -0.2) is 43.8 Å². The maximum atomic E-state index is 13.1. The van der Waals surface area contributed by atoms with Crippen molar-refractivity contribution in [2.75, 3.05) is 19.0 Å². The molecule has 3 N–H and O–H groups in total. The summed E-state index contributed by atoms with van der Waals surface area (Å²) in [6.07, 6.45) is 0. The largest absolute Gasteiger partial charge is 0.506 e. The summed E-state index contributed by atoms with van der Waals surface area (Å²) < 4.78 is 33.8. The SMILES string of the molecule is CN(C)c1ccc(N=Nc2ccccc2C(=O)O)cc1.Cc1c(C2(c3cc(Br)c(O)c(Br)c3C)OS(=O)(=O)c3ccccc32)cc(Br)c(O)c1Br.Cl. The maximum Gasteiger partial charge on any atom is 0.337 e. The molecule has 5 aromatic rings. The first kappa shape index (κ1) is 41.4. The second-order valence-corrected chi connectivity index (χ2v) is 16.3. The third kappa shape index (κ3) is 7.81. The number of carboxylic acids is 1. The zero-order valence-corrected chi connectivity index (χ0v) is 35.7. The molecule has 0 fully saturated rings. The summed E-state index contributed by atoms with van der Waals surface area (Å²) in [5, 5.41) is 37.9.